The lowest BCUT2D eigenvalue weighted by Crippen LogP contribution is -2.36. The summed E-state index contributed by atoms with van der Waals surface area (Å²) in [7, 11) is 0. The average molecular weight is 458 g/mol. The third-order valence-corrected chi connectivity index (χ3v) is 6.27. The maximum absolute atomic E-state index is 13.2. The summed E-state index contributed by atoms with van der Waals surface area (Å²) >= 11 is 3.44. The van der Waals surface area contributed by atoms with Crippen molar-refractivity contribution < 1.29 is 14.3 Å². The summed E-state index contributed by atoms with van der Waals surface area (Å²) in [6, 6.07) is 11.0. The second-order valence-electron chi connectivity index (χ2n) is 7.60. The number of hydrogen-bond donors (Lipinski definition) is 1. The molecule has 1 aliphatic heterocycles. The fourth-order valence-electron chi connectivity index (χ4n) is 3.90. The first-order valence-electron chi connectivity index (χ1n) is 9.90. The van der Waals surface area contributed by atoms with Crippen LogP contribution in [0.5, 0.6) is 17.2 Å². The maximum atomic E-state index is 13.2. The molecule has 2 aromatic carbocycles. The Kier molecular flexibility index (Phi) is 5.65. The standard InChI is InChI=1S/C23H24BrNO4/c1-14-7-5-6-12-25(14)13-17-19(26)11-10-16-21(27)22(15(2)28-23(16)17)29-20-9-4-3-8-18(20)24/h3-4,8-11,14,26H,5-7,12-13H2,1-2H3. The molecule has 1 N–H and O–H groups in total. The lowest BCUT2D eigenvalue weighted by Gasteiger charge is -2.33. The lowest BCUT2D eigenvalue weighted by atomic mass is 10.0. The number of likely N-dealkylation sites (tertiary alicyclic amines) is 1. The molecular formula is C23H24BrNO4. The van der Waals surface area contributed by atoms with Gasteiger partial charge in [-0.05, 0) is 73.4 Å². The molecule has 2 heterocycles. The number of para-hydroxylation sites is 1. The largest absolute Gasteiger partial charge is 0.507 e. The first kappa shape index (κ1) is 20.0. The third kappa shape index (κ3) is 3.91. The number of rotatable bonds is 4. The van der Waals surface area contributed by atoms with Crippen molar-refractivity contribution in [2.24, 2.45) is 0 Å². The minimum absolute atomic E-state index is 0.150. The highest BCUT2D eigenvalue weighted by atomic mass is 79.9. The predicted molar refractivity (Wildman–Crippen MR) is 117 cm³/mol. The molecule has 0 radical (unpaired) electrons. The Morgan fingerprint density at radius 1 is 1.24 bits per heavy atom. The van der Waals surface area contributed by atoms with Gasteiger partial charge < -0.3 is 14.3 Å². The molecule has 152 valence electrons. The van der Waals surface area contributed by atoms with Crippen molar-refractivity contribution in [1.82, 2.24) is 4.90 Å². The summed E-state index contributed by atoms with van der Waals surface area (Å²) in [6.45, 7) is 5.44. The van der Waals surface area contributed by atoms with Crippen LogP contribution in [-0.2, 0) is 6.54 Å². The molecule has 1 unspecified atom stereocenters. The van der Waals surface area contributed by atoms with Crippen LogP contribution in [0.3, 0.4) is 0 Å². The van der Waals surface area contributed by atoms with Gasteiger partial charge in [0.05, 0.1) is 15.4 Å². The van der Waals surface area contributed by atoms with Crippen LogP contribution >= 0.6 is 15.9 Å². The molecule has 3 aromatic rings. The monoisotopic (exact) mass is 457 g/mol. The summed E-state index contributed by atoms with van der Waals surface area (Å²) in [5.41, 5.74) is 0.848. The van der Waals surface area contributed by atoms with Crippen LogP contribution in [0.4, 0.5) is 0 Å². The number of hydrogen-bond acceptors (Lipinski definition) is 5. The summed E-state index contributed by atoms with van der Waals surface area (Å²) in [5.74, 6) is 1.24. The van der Waals surface area contributed by atoms with E-state index in [1.807, 2.05) is 18.2 Å². The van der Waals surface area contributed by atoms with E-state index >= 15 is 0 Å². The lowest BCUT2D eigenvalue weighted by molar-refractivity contribution is 0.151. The van der Waals surface area contributed by atoms with Crippen molar-refractivity contribution in [2.75, 3.05) is 6.54 Å². The van der Waals surface area contributed by atoms with Crippen LogP contribution in [-0.4, -0.2) is 22.6 Å². The van der Waals surface area contributed by atoms with Gasteiger partial charge in [0, 0.05) is 12.6 Å². The van der Waals surface area contributed by atoms with Gasteiger partial charge in [0.25, 0.3) is 0 Å². The van der Waals surface area contributed by atoms with Gasteiger partial charge in [-0.25, -0.2) is 0 Å². The Morgan fingerprint density at radius 2 is 2.03 bits per heavy atom. The molecule has 1 fully saturated rings. The van der Waals surface area contributed by atoms with Crippen LogP contribution in [0.2, 0.25) is 0 Å². The zero-order valence-corrected chi connectivity index (χ0v) is 18.2. The molecule has 1 aromatic heterocycles. The highest BCUT2D eigenvalue weighted by Gasteiger charge is 2.23. The molecule has 1 aliphatic rings. The van der Waals surface area contributed by atoms with E-state index < -0.39 is 0 Å². The molecule has 5 nitrogen and oxygen atoms in total. The first-order chi connectivity index (χ1) is 14.0. The van der Waals surface area contributed by atoms with E-state index in [9.17, 15) is 9.90 Å². The summed E-state index contributed by atoms with van der Waals surface area (Å²) in [4.78, 5) is 15.5. The number of benzene rings is 2. The van der Waals surface area contributed by atoms with Crippen molar-refractivity contribution in [3.05, 3.63) is 62.4 Å². The van der Waals surface area contributed by atoms with Crippen LogP contribution in [0.1, 0.15) is 37.5 Å². The van der Waals surface area contributed by atoms with Gasteiger partial charge in [-0.2, -0.15) is 0 Å². The number of phenols is 1. The zero-order valence-electron chi connectivity index (χ0n) is 16.6. The summed E-state index contributed by atoms with van der Waals surface area (Å²) in [5, 5.41) is 10.9. The number of aryl methyl sites for hydroxylation is 1. The molecule has 0 bridgehead atoms. The molecule has 6 heteroatoms. The Morgan fingerprint density at radius 3 is 2.79 bits per heavy atom. The topological polar surface area (TPSA) is 62.9 Å². The summed E-state index contributed by atoms with van der Waals surface area (Å²) in [6.07, 6.45) is 3.50. The molecule has 1 atom stereocenters. The maximum Gasteiger partial charge on any atom is 0.235 e. The van der Waals surface area contributed by atoms with Gasteiger partial charge in [0.1, 0.15) is 22.8 Å². The number of phenolic OH excluding ortho intramolecular Hbond substituents is 1. The van der Waals surface area contributed by atoms with Crippen LogP contribution < -0.4 is 10.2 Å². The quantitative estimate of drug-likeness (QED) is 0.541. The van der Waals surface area contributed by atoms with E-state index in [1.54, 1.807) is 25.1 Å². The minimum Gasteiger partial charge on any atom is -0.507 e. The van der Waals surface area contributed by atoms with E-state index in [-0.39, 0.29) is 16.9 Å². The molecule has 0 aliphatic carbocycles. The molecule has 1 saturated heterocycles. The van der Waals surface area contributed by atoms with Gasteiger partial charge in [-0.3, -0.25) is 9.69 Å². The van der Waals surface area contributed by atoms with Crippen molar-refractivity contribution in [3.8, 4) is 17.2 Å². The van der Waals surface area contributed by atoms with E-state index in [0.717, 1.165) is 23.9 Å². The zero-order chi connectivity index (χ0) is 20.5. The third-order valence-electron chi connectivity index (χ3n) is 5.61. The fraction of sp³-hybridized carbons (Fsp3) is 0.348. The fourth-order valence-corrected chi connectivity index (χ4v) is 4.26. The van der Waals surface area contributed by atoms with Crippen LogP contribution in [0.15, 0.2) is 50.1 Å². The highest BCUT2D eigenvalue weighted by molar-refractivity contribution is 9.10. The number of ether oxygens (including phenoxy) is 1. The van der Waals surface area contributed by atoms with Gasteiger partial charge >= 0.3 is 0 Å². The normalized spacial score (nSPS) is 17.6. The first-order valence-corrected chi connectivity index (χ1v) is 10.7. The predicted octanol–water partition coefficient (Wildman–Crippen LogP) is 5.74. The van der Waals surface area contributed by atoms with Gasteiger partial charge in [0.15, 0.2) is 0 Å². The smallest absolute Gasteiger partial charge is 0.235 e. The van der Waals surface area contributed by atoms with E-state index in [1.165, 1.54) is 6.42 Å². The number of piperidine rings is 1. The summed E-state index contributed by atoms with van der Waals surface area (Å²) < 4.78 is 12.7. The Labute approximate surface area is 178 Å². The molecule has 0 spiro atoms. The number of halogens is 1. The van der Waals surface area contributed by atoms with Gasteiger partial charge in [-0.15, -0.1) is 0 Å². The molecule has 29 heavy (non-hydrogen) atoms. The second kappa shape index (κ2) is 8.20. The van der Waals surface area contributed by atoms with Crippen molar-refractivity contribution >= 4 is 26.9 Å². The van der Waals surface area contributed by atoms with Crippen molar-refractivity contribution in [2.45, 2.75) is 45.7 Å². The van der Waals surface area contributed by atoms with Crippen molar-refractivity contribution in [3.63, 3.8) is 0 Å². The number of nitrogens with zero attached hydrogens (tertiary/aromatic N) is 1. The molecule has 0 amide bonds. The minimum atomic E-state index is -0.243. The highest BCUT2D eigenvalue weighted by Crippen LogP contribution is 2.34. The van der Waals surface area contributed by atoms with E-state index in [0.29, 0.717) is 40.6 Å². The Hall–Kier alpha value is -2.31. The Balaban J connectivity index is 1.78. The van der Waals surface area contributed by atoms with Crippen LogP contribution in [0, 0.1) is 6.92 Å². The molecule has 4 rings (SSSR count). The van der Waals surface area contributed by atoms with E-state index in [4.69, 9.17) is 9.15 Å². The SMILES string of the molecule is Cc1oc2c(CN3CCCCC3C)c(O)ccc2c(=O)c1Oc1ccccc1Br. The molecular weight excluding hydrogens is 434 g/mol. The number of aromatic hydroxyl groups is 1. The van der Waals surface area contributed by atoms with Crippen LogP contribution in [0.25, 0.3) is 11.0 Å². The van der Waals surface area contributed by atoms with Gasteiger partial charge in [-0.1, -0.05) is 18.6 Å². The average Bonchev–Trinajstić information content (AvgIpc) is 2.70. The van der Waals surface area contributed by atoms with Gasteiger partial charge in [0.2, 0.25) is 11.2 Å². The van der Waals surface area contributed by atoms with E-state index in [2.05, 4.69) is 27.8 Å². The Bertz CT molecular complexity index is 1110. The second-order valence-corrected chi connectivity index (χ2v) is 8.46. The van der Waals surface area contributed by atoms with Crippen molar-refractivity contribution in [1.29, 1.82) is 0 Å². The number of fused-ring (bicyclic) bond motifs is 1. The molecule has 0 saturated carbocycles.